The average Bonchev–Trinajstić information content (AvgIpc) is 2.33. The van der Waals surface area contributed by atoms with E-state index in [1.165, 1.54) is 12.8 Å². The molecule has 0 heterocycles. The summed E-state index contributed by atoms with van der Waals surface area (Å²) < 4.78 is 22.2. The lowest BCUT2D eigenvalue weighted by Gasteiger charge is -2.13. The highest BCUT2D eigenvalue weighted by atomic mass is 32.2. The maximum atomic E-state index is 11.1. The van der Waals surface area contributed by atoms with Crippen LogP contribution in [0.3, 0.4) is 0 Å². The van der Waals surface area contributed by atoms with Crippen molar-refractivity contribution in [2.24, 2.45) is 5.14 Å². The van der Waals surface area contributed by atoms with Crippen LogP contribution in [0.25, 0.3) is 0 Å². The highest BCUT2D eigenvalue weighted by molar-refractivity contribution is 7.89. The Morgan fingerprint density at radius 2 is 1.89 bits per heavy atom. The summed E-state index contributed by atoms with van der Waals surface area (Å²) in [4.78, 5) is 0.158. The Bertz CT molecular complexity index is 454. The van der Waals surface area contributed by atoms with E-state index in [9.17, 15) is 8.42 Å². The predicted molar refractivity (Wildman–Crippen MR) is 73.6 cm³/mol. The Labute approximate surface area is 110 Å². The summed E-state index contributed by atoms with van der Waals surface area (Å²) in [6, 6.07) is 7.15. The van der Waals surface area contributed by atoms with Crippen molar-refractivity contribution in [1.29, 1.82) is 0 Å². The van der Waals surface area contributed by atoms with Crippen LogP contribution in [0, 0.1) is 0 Å². The van der Waals surface area contributed by atoms with Crippen molar-refractivity contribution in [3.63, 3.8) is 0 Å². The Morgan fingerprint density at radius 1 is 1.28 bits per heavy atom. The molecule has 0 aliphatic rings. The molecule has 1 unspecified atom stereocenters. The third kappa shape index (κ3) is 5.16. The zero-order valence-corrected chi connectivity index (χ0v) is 11.8. The molecule has 1 aromatic rings. The van der Waals surface area contributed by atoms with Gasteiger partial charge in [-0.2, -0.15) is 0 Å². The summed E-state index contributed by atoms with van der Waals surface area (Å²) >= 11 is 0. The summed E-state index contributed by atoms with van der Waals surface area (Å²) in [6.45, 7) is 5.09. The molecule has 0 aromatic heterocycles. The smallest absolute Gasteiger partial charge is 0.238 e. The van der Waals surface area contributed by atoms with E-state index in [-0.39, 0.29) is 4.90 Å². The van der Waals surface area contributed by atoms with E-state index >= 15 is 0 Å². The van der Waals surface area contributed by atoms with E-state index in [0.29, 0.717) is 6.04 Å². The van der Waals surface area contributed by atoms with Gasteiger partial charge in [-0.15, -0.1) is 0 Å². The molecule has 0 saturated carbocycles. The van der Waals surface area contributed by atoms with Crippen LogP contribution in [-0.2, 0) is 16.6 Å². The number of primary sulfonamides is 1. The number of rotatable bonds is 7. The average molecular weight is 270 g/mol. The first kappa shape index (κ1) is 15.1. The molecule has 1 aromatic carbocycles. The number of hydrogen-bond acceptors (Lipinski definition) is 3. The fourth-order valence-electron chi connectivity index (χ4n) is 1.70. The van der Waals surface area contributed by atoms with Gasteiger partial charge in [0.2, 0.25) is 10.0 Å². The van der Waals surface area contributed by atoms with Crippen molar-refractivity contribution in [2.75, 3.05) is 0 Å². The number of benzene rings is 1. The van der Waals surface area contributed by atoms with Crippen LogP contribution in [0.2, 0.25) is 0 Å². The van der Waals surface area contributed by atoms with Gasteiger partial charge in [-0.3, -0.25) is 0 Å². The van der Waals surface area contributed by atoms with E-state index in [1.54, 1.807) is 24.3 Å². The molecule has 3 N–H and O–H groups in total. The zero-order chi connectivity index (χ0) is 13.6. The van der Waals surface area contributed by atoms with Gasteiger partial charge in [0.1, 0.15) is 0 Å². The van der Waals surface area contributed by atoms with Gasteiger partial charge < -0.3 is 5.32 Å². The molecule has 1 atom stereocenters. The number of nitrogens with one attached hydrogen (secondary N) is 1. The SMILES string of the molecule is CCCCC(C)NCc1ccc(S(N)(=O)=O)cc1. The number of unbranched alkanes of at least 4 members (excludes halogenated alkanes) is 1. The zero-order valence-electron chi connectivity index (χ0n) is 11.0. The lowest BCUT2D eigenvalue weighted by Crippen LogP contribution is -2.25. The summed E-state index contributed by atoms with van der Waals surface area (Å²) in [5.41, 5.74) is 1.06. The Hall–Kier alpha value is -0.910. The number of hydrogen-bond donors (Lipinski definition) is 2. The second kappa shape index (κ2) is 6.87. The van der Waals surface area contributed by atoms with Crippen molar-refractivity contribution in [3.05, 3.63) is 29.8 Å². The highest BCUT2D eigenvalue weighted by Gasteiger charge is 2.07. The van der Waals surface area contributed by atoms with Crippen LogP contribution in [0.5, 0.6) is 0 Å². The minimum Gasteiger partial charge on any atom is -0.310 e. The monoisotopic (exact) mass is 270 g/mol. The molecule has 0 saturated heterocycles. The summed E-state index contributed by atoms with van der Waals surface area (Å²) in [6.07, 6.45) is 3.58. The molecule has 0 bridgehead atoms. The number of nitrogens with two attached hydrogens (primary N) is 1. The van der Waals surface area contributed by atoms with Gasteiger partial charge in [-0.25, -0.2) is 13.6 Å². The van der Waals surface area contributed by atoms with Crippen molar-refractivity contribution < 1.29 is 8.42 Å². The molecule has 1 rings (SSSR count). The second-order valence-corrected chi connectivity index (χ2v) is 6.17. The lowest BCUT2D eigenvalue weighted by molar-refractivity contribution is 0.495. The van der Waals surface area contributed by atoms with Gasteiger partial charge in [0.05, 0.1) is 4.90 Å². The molecular weight excluding hydrogens is 248 g/mol. The van der Waals surface area contributed by atoms with Crippen LogP contribution in [0.15, 0.2) is 29.2 Å². The predicted octanol–water partition coefficient (Wildman–Crippen LogP) is 2.00. The third-order valence-corrected chi connectivity index (χ3v) is 3.83. The first-order valence-electron chi connectivity index (χ1n) is 6.28. The molecular formula is C13H22N2O2S. The summed E-state index contributed by atoms with van der Waals surface area (Å²) in [7, 11) is -3.58. The molecule has 0 aliphatic carbocycles. The van der Waals surface area contributed by atoms with Crippen molar-refractivity contribution in [2.45, 2.75) is 50.6 Å². The van der Waals surface area contributed by atoms with E-state index in [1.807, 2.05) is 0 Å². The van der Waals surface area contributed by atoms with Crippen molar-refractivity contribution in [1.82, 2.24) is 5.32 Å². The molecule has 0 radical (unpaired) electrons. The minimum atomic E-state index is -3.58. The quantitative estimate of drug-likeness (QED) is 0.796. The van der Waals surface area contributed by atoms with Gasteiger partial charge in [0.25, 0.3) is 0 Å². The molecule has 0 amide bonds. The fourth-order valence-corrected chi connectivity index (χ4v) is 2.22. The van der Waals surface area contributed by atoms with Crippen LogP contribution < -0.4 is 10.5 Å². The molecule has 0 aliphatic heterocycles. The lowest BCUT2D eigenvalue weighted by atomic mass is 10.1. The molecule has 102 valence electrons. The summed E-state index contributed by atoms with van der Waals surface area (Å²) in [5, 5.41) is 8.45. The topological polar surface area (TPSA) is 72.2 Å². The van der Waals surface area contributed by atoms with Gasteiger partial charge in [-0.1, -0.05) is 31.9 Å². The van der Waals surface area contributed by atoms with Gasteiger partial charge in [0, 0.05) is 12.6 Å². The molecule has 0 spiro atoms. The first-order valence-corrected chi connectivity index (χ1v) is 7.83. The van der Waals surface area contributed by atoms with Gasteiger partial charge in [-0.05, 0) is 31.0 Å². The maximum Gasteiger partial charge on any atom is 0.238 e. The summed E-state index contributed by atoms with van der Waals surface area (Å²) in [5.74, 6) is 0. The van der Waals surface area contributed by atoms with Crippen LogP contribution in [0.4, 0.5) is 0 Å². The van der Waals surface area contributed by atoms with Crippen LogP contribution in [0.1, 0.15) is 38.7 Å². The van der Waals surface area contributed by atoms with E-state index in [4.69, 9.17) is 5.14 Å². The van der Waals surface area contributed by atoms with Crippen LogP contribution >= 0.6 is 0 Å². The Balaban J connectivity index is 2.49. The van der Waals surface area contributed by atoms with Gasteiger partial charge in [0.15, 0.2) is 0 Å². The Kier molecular flexibility index (Phi) is 5.78. The van der Waals surface area contributed by atoms with E-state index in [0.717, 1.165) is 18.5 Å². The van der Waals surface area contributed by atoms with E-state index < -0.39 is 10.0 Å². The van der Waals surface area contributed by atoms with Crippen molar-refractivity contribution >= 4 is 10.0 Å². The number of sulfonamides is 1. The van der Waals surface area contributed by atoms with Crippen LogP contribution in [-0.4, -0.2) is 14.5 Å². The standard InChI is InChI=1S/C13H22N2O2S/c1-3-4-5-11(2)15-10-12-6-8-13(9-7-12)18(14,16)17/h6-9,11,15H,3-5,10H2,1-2H3,(H2,14,16,17). The highest BCUT2D eigenvalue weighted by Crippen LogP contribution is 2.09. The molecule has 5 heteroatoms. The third-order valence-electron chi connectivity index (χ3n) is 2.90. The largest absolute Gasteiger partial charge is 0.310 e. The molecule has 4 nitrogen and oxygen atoms in total. The van der Waals surface area contributed by atoms with Gasteiger partial charge >= 0.3 is 0 Å². The minimum absolute atomic E-state index is 0.158. The first-order chi connectivity index (χ1) is 8.43. The Morgan fingerprint density at radius 3 is 2.39 bits per heavy atom. The normalized spacial score (nSPS) is 13.5. The fraction of sp³-hybridized carbons (Fsp3) is 0.538. The second-order valence-electron chi connectivity index (χ2n) is 4.61. The van der Waals surface area contributed by atoms with E-state index in [2.05, 4.69) is 19.2 Å². The van der Waals surface area contributed by atoms with Crippen molar-refractivity contribution in [3.8, 4) is 0 Å². The maximum absolute atomic E-state index is 11.1. The molecule has 0 fully saturated rings. The molecule has 18 heavy (non-hydrogen) atoms.